The molecule has 3 amide bonds. The number of aromatic nitrogens is 2. The van der Waals surface area contributed by atoms with E-state index in [0.717, 1.165) is 27.9 Å². The molecule has 1 aromatic heterocycles. The summed E-state index contributed by atoms with van der Waals surface area (Å²) in [6.07, 6.45) is 0.306. The number of para-hydroxylation sites is 1. The first-order chi connectivity index (χ1) is 18.0. The van der Waals surface area contributed by atoms with Gasteiger partial charge < -0.3 is 20.1 Å². The summed E-state index contributed by atoms with van der Waals surface area (Å²) in [5.41, 5.74) is 4.30. The summed E-state index contributed by atoms with van der Waals surface area (Å²) in [7, 11) is 0. The van der Waals surface area contributed by atoms with Crippen molar-refractivity contribution in [3.63, 3.8) is 0 Å². The van der Waals surface area contributed by atoms with Crippen molar-refractivity contribution in [2.75, 3.05) is 17.4 Å². The Morgan fingerprint density at radius 2 is 1.68 bits per heavy atom. The molecule has 1 atom stereocenters. The molecule has 0 bridgehead atoms. The Bertz CT molecular complexity index is 1420. The van der Waals surface area contributed by atoms with Gasteiger partial charge in [-0.3, -0.25) is 10.1 Å². The molecule has 10 heteroatoms. The Hall–Kier alpha value is -4.44. The number of fused-ring (bicyclic) bond motifs is 1. The third-order valence-electron chi connectivity index (χ3n) is 5.90. The van der Waals surface area contributed by atoms with Gasteiger partial charge in [-0.2, -0.15) is 0 Å². The number of ether oxygens (including phenoxy) is 2. The van der Waals surface area contributed by atoms with Crippen LogP contribution in [0.4, 0.5) is 15.6 Å². The number of aryl methyl sites for hydroxylation is 2. The largest absolute Gasteiger partial charge is 0.454 e. The molecule has 5 rings (SSSR count). The predicted molar refractivity (Wildman–Crippen MR) is 142 cm³/mol. The Labute approximate surface area is 217 Å². The molecule has 0 saturated carbocycles. The standard InChI is InChI=1S/C27H25N5O4S/c1-16-7-6-8-17(2)23(16)29-26(34)28-20(13-18-9-4-3-5-10-18)24(33)30-27-32-31-25(37-27)19-11-12-21-22(14-19)36-15-35-21/h3-12,14,20H,13,15H2,1-2H3,(H2,28,29,34)(H,30,32,33)/t20-/m1/s1. The fourth-order valence-electron chi connectivity index (χ4n) is 3.99. The highest BCUT2D eigenvalue weighted by Crippen LogP contribution is 2.37. The maximum absolute atomic E-state index is 13.3. The molecule has 4 aromatic rings. The molecular formula is C27H25N5O4S. The molecule has 0 radical (unpaired) electrons. The Kier molecular flexibility index (Phi) is 7.00. The predicted octanol–water partition coefficient (Wildman–Crippen LogP) is 4.92. The number of carbonyl (C=O) groups is 2. The lowest BCUT2D eigenvalue weighted by Gasteiger charge is -2.19. The van der Waals surface area contributed by atoms with Crippen molar-refractivity contribution in [3.05, 3.63) is 83.4 Å². The number of benzene rings is 3. The van der Waals surface area contributed by atoms with Crippen LogP contribution in [0.25, 0.3) is 10.6 Å². The molecule has 3 N–H and O–H groups in total. The van der Waals surface area contributed by atoms with Crippen LogP contribution in [0.15, 0.2) is 66.7 Å². The highest BCUT2D eigenvalue weighted by molar-refractivity contribution is 7.18. The smallest absolute Gasteiger partial charge is 0.319 e. The van der Waals surface area contributed by atoms with Gasteiger partial charge in [-0.05, 0) is 48.7 Å². The number of nitrogens with zero attached hydrogens (tertiary/aromatic N) is 2. The van der Waals surface area contributed by atoms with E-state index in [0.29, 0.717) is 28.1 Å². The number of carbonyl (C=O) groups excluding carboxylic acids is 2. The molecule has 188 valence electrons. The van der Waals surface area contributed by atoms with Crippen molar-refractivity contribution in [2.45, 2.75) is 26.3 Å². The number of anilines is 2. The minimum Gasteiger partial charge on any atom is -0.454 e. The topological polar surface area (TPSA) is 114 Å². The van der Waals surface area contributed by atoms with Crippen LogP contribution in [-0.2, 0) is 11.2 Å². The van der Waals surface area contributed by atoms with E-state index in [1.165, 1.54) is 11.3 Å². The summed E-state index contributed by atoms with van der Waals surface area (Å²) in [6, 6.07) is 19.5. The Morgan fingerprint density at radius 3 is 2.46 bits per heavy atom. The van der Waals surface area contributed by atoms with Gasteiger partial charge in [-0.15, -0.1) is 10.2 Å². The summed E-state index contributed by atoms with van der Waals surface area (Å²) in [5, 5.41) is 17.8. The monoisotopic (exact) mass is 515 g/mol. The SMILES string of the molecule is Cc1cccc(C)c1NC(=O)N[C@H](Cc1ccccc1)C(=O)Nc1nnc(-c2ccc3c(c2)OCO3)s1. The summed E-state index contributed by atoms with van der Waals surface area (Å²) in [6.45, 7) is 4.02. The summed E-state index contributed by atoms with van der Waals surface area (Å²) >= 11 is 1.23. The molecule has 0 unspecified atom stereocenters. The molecule has 1 aliphatic rings. The number of amides is 3. The molecular weight excluding hydrogens is 490 g/mol. The van der Waals surface area contributed by atoms with Gasteiger partial charge in [0.15, 0.2) is 11.5 Å². The second-order valence-electron chi connectivity index (χ2n) is 8.58. The number of nitrogens with one attached hydrogen (secondary N) is 3. The lowest BCUT2D eigenvalue weighted by Crippen LogP contribution is -2.47. The third-order valence-corrected chi connectivity index (χ3v) is 6.79. The van der Waals surface area contributed by atoms with Crippen molar-refractivity contribution < 1.29 is 19.1 Å². The minimum atomic E-state index is -0.843. The van der Waals surface area contributed by atoms with E-state index >= 15 is 0 Å². The average Bonchev–Trinajstić information content (AvgIpc) is 3.56. The lowest BCUT2D eigenvalue weighted by molar-refractivity contribution is -0.117. The van der Waals surface area contributed by atoms with E-state index in [1.807, 2.05) is 80.6 Å². The van der Waals surface area contributed by atoms with Crippen molar-refractivity contribution in [1.29, 1.82) is 0 Å². The Balaban J connectivity index is 1.31. The fourth-order valence-corrected chi connectivity index (χ4v) is 4.73. The van der Waals surface area contributed by atoms with Crippen molar-refractivity contribution >= 4 is 34.1 Å². The van der Waals surface area contributed by atoms with Gasteiger partial charge in [0.2, 0.25) is 17.8 Å². The van der Waals surface area contributed by atoms with Crippen LogP contribution in [-0.4, -0.2) is 35.0 Å². The summed E-state index contributed by atoms with van der Waals surface area (Å²) < 4.78 is 10.8. The normalized spacial score (nSPS) is 12.6. The van der Waals surface area contributed by atoms with Crippen LogP contribution < -0.4 is 25.4 Å². The van der Waals surface area contributed by atoms with Gasteiger partial charge >= 0.3 is 6.03 Å². The fraction of sp³-hybridized carbons (Fsp3) is 0.185. The van der Waals surface area contributed by atoms with Crippen molar-refractivity contribution in [3.8, 4) is 22.1 Å². The Morgan fingerprint density at radius 1 is 0.919 bits per heavy atom. The summed E-state index contributed by atoms with van der Waals surface area (Å²) in [4.78, 5) is 26.2. The van der Waals surface area contributed by atoms with Crippen LogP contribution in [0.3, 0.4) is 0 Å². The van der Waals surface area contributed by atoms with Crippen LogP contribution >= 0.6 is 11.3 Å². The molecule has 9 nitrogen and oxygen atoms in total. The zero-order valence-corrected chi connectivity index (χ0v) is 21.1. The molecule has 2 heterocycles. The highest BCUT2D eigenvalue weighted by atomic mass is 32.1. The molecule has 0 spiro atoms. The second kappa shape index (κ2) is 10.7. The highest BCUT2D eigenvalue weighted by Gasteiger charge is 2.24. The van der Waals surface area contributed by atoms with E-state index in [9.17, 15) is 9.59 Å². The quantitative estimate of drug-likeness (QED) is 0.322. The number of urea groups is 1. The van der Waals surface area contributed by atoms with E-state index in [-0.39, 0.29) is 6.79 Å². The van der Waals surface area contributed by atoms with Crippen molar-refractivity contribution in [1.82, 2.24) is 15.5 Å². The van der Waals surface area contributed by atoms with E-state index < -0.39 is 18.0 Å². The zero-order chi connectivity index (χ0) is 25.8. The molecule has 3 aromatic carbocycles. The van der Waals surface area contributed by atoms with Gasteiger partial charge in [-0.1, -0.05) is 59.9 Å². The first-order valence-corrected chi connectivity index (χ1v) is 12.5. The first-order valence-electron chi connectivity index (χ1n) is 11.7. The van der Waals surface area contributed by atoms with Gasteiger partial charge in [0, 0.05) is 17.7 Å². The molecule has 0 fully saturated rings. The third kappa shape index (κ3) is 5.70. The minimum absolute atomic E-state index is 0.184. The van der Waals surface area contributed by atoms with Gasteiger partial charge in [-0.25, -0.2) is 4.79 Å². The van der Waals surface area contributed by atoms with Crippen LogP contribution in [0.5, 0.6) is 11.5 Å². The van der Waals surface area contributed by atoms with Gasteiger partial charge in [0.05, 0.1) is 0 Å². The molecule has 0 saturated heterocycles. The van der Waals surface area contributed by atoms with Crippen LogP contribution in [0, 0.1) is 13.8 Å². The maximum Gasteiger partial charge on any atom is 0.319 e. The average molecular weight is 516 g/mol. The molecule has 0 aliphatic carbocycles. The van der Waals surface area contributed by atoms with Crippen LogP contribution in [0.2, 0.25) is 0 Å². The first kappa shape index (κ1) is 24.3. The van der Waals surface area contributed by atoms with E-state index in [2.05, 4.69) is 26.1 Å². The zero-order valence-electron chi connectivity index (χ0n) is 20.3. The lowest BCUT2D eigenvalue weighted by atomic mass is 10.1. The van der Waals surface area contributed by atoms with Gasteiger partial charge in [0.25, 0.3) is 0 Å². The van der Waals surface area contributed by atoms with Crippen molar-refractivity contribution in [2.24, 2.45) is 0 Å². The van der Waals surface area contributed by atoms with E-state index in [1.54, 1.807) is 0 Å². The molecule has 1 aliphatic heterocycles. The number of hydrogen-bond acceptors (Lipinski definition) is 7. The number of rotatable bonds is 7. The number of hydrogen-bond donors (Lipinski definition) is 3. The van der Waals surface area contributed by atoms with Crippen LogP contribution in [0.1, 0.15) is 16.7 Å². The second-order valence-corrected chi connectivity index (χ2v) is 9.55. The summed E-state index contributed by atoms with van der Waals surface area (Å²) in [5.74, 6) is 0.921. The van der Waals surface area contributed by atoms with Gasteiger partial charge in [0.1, 0.15) is 11.0 Å². The van der Waals surface area contributed by atoms with E-state index in [4.69, 9.17) is 9.47 Å². The molecule has 37 heavy (non-hydrogen) atoms. The maximum atomic E-state index is 13.3.